The zero-order valence-corrected chi connectivity index (χ0v) is 16.0. The molecule has 0 unspecified atom stereocenters. The van der Waals surface area contributed by atoms with Gasteiger partial charge in [-0.1, -0.05) is 0 Å². The predicted molar refractivity (Wildman–Crippen MR) is 106 cm³/mol. The first kappa shape index (κ1) is 21.1. The van der Waals surface area contributed by atoms with Crippen LogP contribution in [0.15, 0.2) is 51.7 Å². The number of aliphatic hydroxyl groups is 4. The predicted octanol–water partition coefficient (Wildman–Crippen LogP) is 0.0499. The van der Waals surface area contributed by atoms with Crippen LogP contribution in [0, 0.1) is 0 Å². The highest BCUT2D eigenvalue weighted by atomic mass is 16.7. The summed E-state index contributed by atoms with van der Waals surface area (Å²) in [5.41, 5.74) is 0.134. The Hall–Kier alpha value is -3.15. The molecule has 1 saturated heterocycles. The summed E-state index contributed by atoms with van der Waals surface area (Å²) in [7, 11) is 0. The molecule has 0 saturated carbocycles. The van der Waals surface area contributed by atoms with E-state index in [0.717, 1.165) is 0 Å². The smallest absolute Gasteiger partial charge is 0.229 e. The summed E-state index contributed by atoms with van der Waals surface area (Å²) in [5, 5.41) is 58.5. The molecular formula is C21H20O10. The largest absolute Gasteiger partial charge is 0.504 e. The van der Waals surface area contributed by atoms with E-state index in [0.29, 0.717) is 5.56 Å². The minimum absolute atomic E-state index is 0.130. The average Bonchev–Trinajstić information content (AvgIpc) is 2.75. The van der Waals surface area contributed by atoms with Gasteiger partial charge in [0.15, 0.2) is 16.9 Å². The molecule has 31 heavy (non-hydrogen) atoms. The molecule has 1 aliphatic heterocycles. The number of rotatable bonds is 4. The van der Waals surface area contributed by atoms with Gasteiger partial charge in [-0.05, 0) is 30.3 Å². The second-order valence-electron chi connectivity index (χ2n) is 7.15. The maximum atomic E-state index is 12.5. The van der Waals surface area contributed by atoms with Crippen LogP contribution in [0.25, 0.3) is 22.3 Å². The Labute approximate surface area is 174 Å². The zero-order valence-electron chi connectivity index (χ0n) is 16.0. The Kier molecular flexibility index (Phi) is 5.56. The Morgan fingerprint density at radius 2 is 1.68 bits per heavy atom. The molecule has 0 radical (unpaired) electrons. The summed E-state index contributed by atoms with van der Waals surface area (Å²) in [6.07, 6.45) is -7.22. The fourth-order valence-electron chi connectivity index (χ4n) is 3.33. The number of aromatic hydroxyl groups is 2. The van der Waals surface area contributed by atoms with Gasteiger partial charge in [0.2, 0.25) is 6.29 Å². The molecule has 0 aliphatic carbocycles. The van der Waals surface area contributed by atoms with Crippen molar-refractivity contribution in [1.82, 2.24) is 0 Å². The Bertz CT molecular complexity index is 1150. The first-order valence-corrected chi connectivity index (χ1v) is 9.36. The number of fused-ring (bicyclic) bond motifs is 1. The molecule has 0 amide bonds. The van der Waals surface area contributed by atoms with E-state index in [1.807, 2.05) is 0 Å². The first-order chi connectivity index (χ1) is 14.8. The van der Waals surface area contributed by atoms with Crippen molar-refractivity contribution in [3.05, 3.63) is 52.7 Å². The molecular weight excluding hydrogens is 412 g/mol. The Balaban J connectivity index is 1.67. The van der Waals surface area contributed by atoms with Crippen molar-refractivity contribution in [1.29, 1.82) is 0 Å². The van der Waals surface area contributed by atoms with Gasteiger partial charge in [-0.2, -0.15) is 0 Å². The van der Waals surface area contributed by atoms with Crippen molar-refractivity contribution >= 4 is 11.0 Å². The van der Waals surface area contributed by atoms with Gasteiger partial charge in [-0.3, -0.25) is 4.79 Å². The molecule has 0 bridgehead atoms. The normalized spacial score (nSPS) is 26.1. The molecule has 164 valence electrons. The lowest BCUT2D eigenvalue weighted by molar-refractivity contribution is -0.277. The van der Waals surface area contributed by atoms with Crippen LogP contribution in [0.2, 0.25) is 0 Å². The molecule has 10 heteroatoms. The van der Waals surface area contributed by atoms with Gasteiger partial charge in [0.25, 0.3) is 0 Å². The highest BCUT2D eigenvalue weighted by Crippen LogP contribution is 2.32. The van der Waals surface area contributed by atoms with E-state index in [1.54, 1.807) is 0 Å². The number of ether oxygens (including phenoxy) is 2. The molecule has 3 aromatic rings. The number of hydrogen-bond donors (Lipinski definition) is 6. The Morgan fingerprint density at radius 3 is 2.39 bits per heavy atom. The summed E-state index contributed by atoms with van der Waals surface area (Å²) >= 11 is 0. The van der Waals surface area contributed by atoms with Gasteiger partial charge < -0.3 is 44.5 Å². The second-order valence-corrected chi connectivity index (χ2v) is 7.15. The molecule has 1 aromatic heterocycles. The van der Waals surface area contributed by atoms with E-state index in [1.165, 1.54) is 42.5 Å². The SMILES string of the molecule is O=c1cc(-c2ccc(O)c(O)c2)oc2cc(O[C@@H]3O[C@@H](CO)[C@@H](O)[C@H](O)[C@H]3O)ccc12. The molecule has 2 heterocycles. The molecule has 10 nitrogen and oxygen atoms in total. The Morgan fingerprint density at radius 1 is 0.903 bits per heavy atom. The highest BCUT2D eigenvalue weighted by Gasteiger charge is 2.44. The summed E-state index contributed by atoms with van der Waals surface area (Å²) in [6, 6.07) is 9.47. The third-order valence-electron chi connectivity index (χ3n) is 5.06. The highest BCUT2D eigenvalue weighted by molar-refractivity contribution is 5.80. The lowest BCUT2D eigenvalue weighted by Gasteiger charge is -2.39. The van der Waals surface area contributed by atoms with Crippen molar-refractivity contribution in [3.8, 4) is 28.6 Å². The van der Waals surface area contributed by atoms with Gasteiger partial charge in [-0.15, -0.1) is 0 Å². The first-order valence-electron chi connectivity index (χ1n) is 9.36. The van der Waals surface area contributed by atoms with Crippen LogP contribution in [-0.4, -0.2) is 68.0 Å². The van der Waals surface area contributed by atoms with Crippen LogP contribution >= 0.6 is 0 Å². The molecule has 5 atom stereocenters. The number of hydrogen-bond acceptors (Lipinski definition) is 10. The van der Waals surface area contributed by atoms with Gasteiger partial charge in [0, 0.05) is 17.7 Å². The van der Waals surface area contributed by atoms with Gasteiger partial charge >= 0.3 is 0 Å². The summed E-state index contributed by atoms with van der Waals surface area (Å²) in [6.45, 7) is -0.597. The van der Waals surface area contributed by atoms with Crippen LogP contribution in [0.4, 0.5) is 0 Å². The van der Waals surface area contributed by atoms with Gasteiger partial charge in [0.1, 0.15) is 41.5 Å². The van der Waals surface area contributed by atoms with Crippen LogP contribution in [0.1, 0.15) is 0 Å². The van der Waals surface area contributed by atoms with Crippen molar-refractivity contribution in [2.24, 2.45) is 0 Å². The van der Waals surface area contributed by atoms with Crippen molar-refractivity contribution in [2.45, 2.75) is 30.7 Å². The standard InChI is InChI=1S/C21H20O10/c22-8-17-18(26)19(27)20(28)21(31-17)29-10-2-3-11-13(24)7-15(30-16(11)6-10)9-1-4-12(23)14(25)5-9/h1-7,17-23,25-28H,8H2/t17-,18+,19-,20+,21+/m0/s1. The lowest BCUT2D eigenvalue weighted by atomic mass is 9.99. The molecule has 1 fully saturated rings. The average molecular weight is 432 g/mol. The molecule has 6 N–H and O–H groups in total. The number of aliphatic hydroxyl groups excluding tert-OH is 4. The zero-order chi connectivity index (χ0) is 22.3. The number of benzene rings is 2. The van der Waals surface area contributed by atoms with Crippen LogP contribution < -0.4 is 10.2 Å². The lowest BCUT2D eigenvalue weighted by Crippen LogP contribution is -2.60. The van der Waals surface area contributed by atoms with Crippen LogP contribution in [0.3, 0.4) is 0 Å². The molecule has 2 aromatic carbocycles. The summed E-state index contributed by atoms with van der Waals surface area (Å²) in [4.78, 5) is 12.5. The fourth-order valence-corrected chi connectivity index (χ4v) is 3.33. The summed E-state index contributed by atoms with van der Waals surface area (Å²) in [5.74, 6) is -0.425. The number of phenols is 2. The van der Waals surface area contributed by atoms with E-state index in [2.05, 4.69) is 0 Å². The van der Waals surface area contributed by atoms with Crippen molar-refractivity contribution in [3.63, 3.8) is 0 Å². The van der Waals surface area contributed by atoms with Crippen molar-refractivity contribution in [2.75, 3.05) is 6.61 Å². The van der Waals surface area contributed by atoms with E-state index in [9.17, 15) is 35.4 Å². The van der Waals surface area contributed by atoms with Gasteiger partial charge in [0.05, 0.1) is 12.0 Å². The summed E-state index contributed by atoms with van der Waals surface area (Å²) < 4.78 is 16.6. The fraction of sp³-hybridized carbons (Fsp3) is 0.286. The minimum atomic E-state index is -1.59. The van der Waals surface area contributed by atoms with E-state index >= 15 is 0 Å². The van der Waals surface area contributed by atoms with Crippen LogP contribution in [-0.2, 0) is 4.74 Å². The third kappa shape index (κ3) is 3.94. The monoisotopic (exact) mass is 432 g/mol. The maximum Gasteiger partial charge on any atom is 0.229 e. The molecule has 1 aliphatic rings. The van der Waals surface area contributed by atoms with Crippen molar-refractivity contribution < 1.29 is 44.5 Å². The quantitative estimate of drug-likeness (QED) is 0.310. The second kappa shape index (κ2) is 8.17. The van der Waals surface area contributed by atoms with E-state index in [-0.39, 0.29) is 39.4 Å². The number of phenolic OH excluding ortho intramolecular Hbond substituents is 2. The van der Waals surface area contributed by atoms with Gasteiger partial charge in [-0.25, -0.2) is 0 Å². The molecule has 4 rings (SSSR count). The van der Waals surface area contributed by atoms with E-state index in [4.69, 9.17) is 13.9 Å². The minimum Gasteiger partial charge on any atom is -0.504 e. The maximum absolute atomic E-state index is 12.5. The topological polar surface area (TPSA) is 170 Å². The third-order valence-corrected chi connectivity index (χ3v) is 5.06. The van der Waals surface area contributed by atoms with E-state index < -0.39 is 37.3 Å². The molecule has 0 spiro atoms. The van der Waals surface area contributed by atoms with Crippen LogP contribution in [0.5, 0.6) is 17.2 Å².